The molecular weight excluding hydrogens is 390 g/mol. The van der Waals surface area contributed by atoms with E-state index in [9.17, 15) is 13.6 Å². The van der Waals surface area contributed by atoms with Crippen LogP contribution in [0.4, 0.5) is 20.4 Å². The lowest BCUT2D eigenvalue weighted by Crippen LogP contribution is -2.16. The number of nitrogens with zero attached hydrogens (tertiary/aromatic N) is 4. The van der Waals surface area contributed by atoms with Crippen LogP contribution in [0.25, 0.3) is 22.0 Å². The summed E-state index contributed by atoms with van der Waals surface area (Å²) in [5.74, 6) is 0.559. The van der Waals surface area contributed by atoms with Crippen LogP contribution in [-0.2, 0) is 4.79 Å². The minimum absolute atomic E-state index is 0.102. The number of carbonyl (C=O) groups excluding carboxylic acids is 1. The number of nitrogen functional groups attached to an aromatic ring is 1. The van der Waals surface area contributed by atoms with Crippen LogP contribution in [0, 0.1) is 18.8 Å². The van der Waals surface area contributed by atoms with Gasteiger partial charge in [0.15, 0.2) is 0 Å². The highest BCUT2D eigenvalue weighted by Crippen LogP contribution is 2.38. The van der Waals surface area contributed by atoms with E-state index in [0.29, 0.717) is 33.4 Å². The first kappa shape index (κ1) is 19.8. The fourth-order valence-electron chi connectivity index (χ4n) is 3.49. The zero-order valence-electron chi connectivity index (χ0n) is 16.4. The highest BCUT2D eigenvalue weighted by Gasteiger charge is 2.41. The van der Waals surface area contributed by atoms with Gasteiger partial charge in [-0.2, -0.15) is 0 Å². The van der Waals surface area contributed by atoms with Crippen LogP contribution in [0.1, 0.15) is 24.0 Å². The molecule has 3 aromatic rings. The average Bonchev–Trinajstić information content (AvgIpc) is 3.47. The third kappa shape index (κ3) is 3.70. The van der Waals surface area contributed by atoms with Crippen LogP contribution < -0.4 is 11.1 Å². The molecule has 1 amide bonds. The van der Waals surface area contributed by atoms with E-state index < -0.39 is 6.43 Å². The summed E-state index contributed by atoms with van der Waals surface area (Å²) in [6.45, 7) is 1.60. The molecule has 0 unspecified atom stereocenters. The summed E-state index contributed by atoms with van der Waals surface area (Å²) in [6, 6.07) is 3.42. The number of hydrogen-bond acceptors (Lipinski definition) is 6. The van der Waals surface area contributed by atoms with Gasteiger partial charge >= 0.3 is 0 Å². The highest BCUT2D eigenvalue weighted by molar-refractivity contribution is 5.99. The number of fused-ring (bicyclic) bond motifs is 1. The molecule has 3 aromatic heterocycles. The van der Waals surface area contributed by atoms with Gasteiger partial charge in [0.25, 0.3) is 6.43 Å². The van der Waals surface area contributed by atoms with E-state index in [1.54, 1.807) is 32.3 Å². The number of amides is 1. The maximum absolute atomic E-state index is 13.2. The van der Waals surface area contributed by atoms with Crippen molar-refractivity contribution in [1.29, 1.82) is 0 Å². The van der Waals surface area contributed by atoms with Gasteiger partial charge < -0.3 is 16.0 Å². The summed E-state index contributed by atoms with van der Waals surface area (Å²) in [5.41, 5.74) is 7.23. The first-order valence-electron chi connectivity index (χ1n) is 9.41. The number of nitrogens with one attached hydrogen (secondary N) is 1. The van der Waals surface area contributed by atoms with Crippen molar-refractivity contribution in [3.8, 4) is 11.3 Å². The molecule has 7 nitrogen and oxygen atoms in total. The molecule has 1 aliphatic rings. The maximum atomic E-state index is 13.2. The Hall–Kier alpha value is -3.49. The Bertz CT molecular complexity index is 1160. The van der Waals surface area contributed by atoms with E-state index in [1.807, 2.05) is 0 Å². The Balaban J connectivity index is 1.68. The van der Waals surface area contributed by atoms with Gasteiger partial charge in [0.2, 0.25) is 5.91 Å². The molecule has 0 radical (unpaired) electrons. The lowest BCUT2D eigenvalue weighted by molar-refractivity contribution is -0.117. The fraction of sp³-hybridized carbons (Fsp3) is 0.286. The second-order valence-electron chi connectivity index (χ2n) is 7.29. The molecule has 0 bridgehead atoms. The largest absolute Gasteiger partial charge is 0.383 e. The number of alkyl halides is 2. The van der Waals surface area contributed by atoms with Gasteiger partial charge in [-0.25, -0.2) is 18.7 Å². The van der Waals surface area contributed by atoms with Gasteiger partial charge in [0.1, 0.15) is 11.6 Å². The zero-order chi connectivity index (χ0) is 21.4. The number of hydrogen-bond donors (Lipinski definition) is 2. The Kier molecular flexibility index (Phi) is 5.11. The number of aliphatic imine (C=N–C) groups is 1. The molecule has 30 heavy (non-hydrogen) atoms. The summed E-state index contributed by atoms with van der Waals surface area (Å²) >= 11 is 0. The van der Waals surface area contributed by atoms with E-state index in [2.05, 4.69) is 25.3 Å². The van der Waals surface area contributed by atoms with Crippen LogP contribution >= 0.6 is 0 Å². The minimum Gasteiger partial charge on any atom is -0.383 e. The van der Waals surface area contributed by atoms with Crippen LogP contribution in [0.5, 0.6) is 0 Å². The number of anilines is 2. The van der Waals surface area contributed by atoms with Gasteiger partial charge in [0.05, 0.1) is 5.69 Å². The van der Waals surface area contributed by atoms with Crippen molar-refractivity contribution in [2.75, 3.05) is 18.1 Å². The Morgan fingerprint density at radius 3 is 2.87 bits per heavy atom. The zero-order valence-corrected chi connectivity index (χ0v) is 16.4. The van der Waals surface area contributed by atoms with Gasteiger partial charge in [-0.05, 0) is 36.4 Å². The van der Waals surface area contributed by atoms with E-state index >= 15 is 0 Å². The van der Waals surface area contributed by atoms with Crippen LogP contribution in [0.15, 0.2) is 35.7 Å². The van der Waals surface area contributed by atoms with Gasteiger partial charge in [0, 0.05) is 60.2 Å². The normalized spacial score (nSPS) is 18.3. The van der Waals surface area contributed by atoms with Gasteiger partial charge in [-0.1, -0.05) is 0 Å². The van der Waals surface area contributed by atoms with Crippen molar-refractivity contribution in [1.82, 2.24) is 15.0 Å². The third-order valence-electron chi connectivity index (χ3n) is 5.28. The van der Waals surface area contributed by atoms with Crippen molar-refractivity contribution in [2.45, 2.75) is 19.8 Å². The second-order valence-corrected chi connectivity index (χ2v) is 7.29. The number of aromatic nitrogens is 3. The average molecular weight is 410 g/mol. The molecule has 0 aromatic carbocycles. The van der Waals surface area contributed by atoms with Crippen molar-refractivity contribution < 1.29 is 13.6 Å². The molecule has 1 aliphatic carbocycles. The molecule has 2 atom stereocenters. The lowest BCUT2D eigenvalue weighted by atomic mass is 10.0. The Morgan fingerprint density at radius 1 is 1.33 bits per heavy atom. The van der Waals surface area contributed by atoms with Crippen molar-refractivity contribution in [3.05, 3.63) is 41.9 Å². The minimum atomic E-state index is -2.63. The molecule has 1 fully saturated rings. The first-order valence-corrected chi connectivity index (χ1v) is 9.41. The van der Waals surface area contributed by atoms with Crippen molar-refractivity contribution in [3.63, 3.8) is 0 Å². The summed E-state index contributed by atoms with van der Waals surface area (Å²) in [5, 5.41) is 4.11. The summed E-state index contributed by atoms with van der Waals surface area (Å²) in [6.07, 6.45) is 4.09. The number of nitrogens with two attached hydrogens (primary N) is 1. The highest BCUT2D eigenvalue weighted by atomic mass is 19.3. The number of halogens is 2. The summed E-state index contributed by atoms with van der Waals surface area (Å²) in [4.78, 5) is 28.8. The molecule has 0 spiro atoms. The SMILES string of the molecule is CN=C[C@H]1C[C@@H]1C(=O)Nc1cc2cc(-c3cncc(C(F)F)c3C)nc(N)c2cn1. The van der Waals surface area contributed by atoms with Crippen LogP contribution in [0.3, 0.4) is 0 Å². The summed E-state index contributed by atoms with van der Waals surface area (Å²) < 4.78 is 26.5. The van der Waals surface area contributed by atoms with E-state index in [0.717, 1.165) is 12.6 Å². The van der Waals surface area contributed by atoms with Gasteiger partial charge in [-0.15, -0.1) is 0 Å². The van der Waals surface area contributed by atoms with Crippen molar-refractivity contribution in [2.24, 2.45) is 16.8 Å². The predicted octanol–water partition coefficient (Wildman–Crippen LogP) is 3.80. The molecule has 4 rings (SSSR count). The van der Waals surface area contributed by atoms with Crippen LogP contribution in [0.2, 0.25) is 0 Å². The molecule has 0 saturated heterocycles. The lowest BCUT2D eigenvalue weighted by Gasteiger charge is -2.12. The predicted molar refractivity (Wildman–Crippen MR) is 112 cm³/mol. The fourth-order valence-corrected chi connectivity index (χ4v) is 3.49. The van der Waals surface area contributed by atoms with E-state index in [-0.39, 0.29) is 29.1 Å². The van der Waals surface area contributed by atoms with Gasteiger partial charge in [-0.3, -0.25) is 9.78 Å². The molecule has 154 valence electrons. The number of carbonyl (C=O) groups is 1. The number of rotatable bonds is 5. The standard InChI is InChI=1S/C21H20F2N6O/c1-10-14(7-26-8-15(10)19(22)23)17-4-11-5-18(27-9-16(11)20(24)28-17)29-21(30)13-3-12(13)6-25-2/h4-9,12-13,19H,3H2,1-2H3,(H2,24,28)(H,27,29,30)/t12-,13+/m1/s1. The number of pyridine rings is 3. The Labute approximate surface area is 171 Å². The molecule has 0 aliphatic heterocycles. The van der Waals surface area contributed by atoms with Crippen LogP contribution in [-0.4, -0.2) is 34.1 Å². The topological polar surface area (TPSA) is 106 Å². The monoisotopic (exact) mass is 410 g/mol. The Morgan fingerprint density at radius 2 is 2.13 bits per heavy atom. The first-order chi connectivity index (χ1) is 14.4. The molecule has 1 saturated carbocycles. The second kappa shape index (κ2) is 7.74. The third-order valence-corrected chi connectivity index (χ3v) is 5.28. The molecule has 3 N–H and O–H groups in total. The van der Waals surface area contributed by atoms with E-state index in [4.69, 9.17) is 5.73 Å². The van der Waals surface area contributed by atoms with Crippen molar-refractivity contribution >= 4 is 34.5 Å². The van der Waals surface area contributed by atoms with E-state index in [1.165, 1.54) is 12.4 Å². The molecule has 3 heterocycles. The quantitative estimate of drug-likeness (QED) is 0.623. The molecule has 9 heteroatoms. The summed E-state index contributed by atoms with van der Waals surface area (Å²) in [7, 11) is 1.68. The maximum Gasteiger partial charge on any atom is 0.265 e. The molecular formula is C21H20F2N6O. The smallest absolute Gasteiger partial charge is 0.265 e.